The van der Waals surface area contributed by atoms with Crippen LogP contribution in [0.1, 0.15) is 18.1 Å². The minimum Gasteiger partial charge on any atom is -0.491 e. The van der Waals surface area contributed by atoms with Gasteiger partial charge in [-0.25, -0.2) is 9.37 Å². The van der Waals surface area contributed by atoms with Gasteiger partial charge in [-0.15, -0.1) is 5.10 Å². The summed E-state index contributed by atoms with van der Waals surface area (Å²) in [6, 6.07) is 9.93. The van der Waals surface area contributed by atoms with Crippen molar-refractivity contribution in [3.8, 4) is 5.75 Å². The van der Waals surface area contributed by atoms with E-state index < -0.39 is 24.1 Å². The highest BCUT2D eigenvalue weighted by molar-refractivity contribution is 6.22. The van der Waals surface area contributed by atoms with Gasteiger partial charge in [-0.05, 0) is 30.2 Å². The fourth-order valence-corrected chi connectivity index (χ4v) is 3.82. The first-order chi connectivity index (χ1) is 16.9. The predicted octanol–water partition coefficient (Wildman–Crippen LogP) is 0.680. The summed E-state index contributed by atoms with van der Waals surface area (Å²) in [5.74, 6) is 0.717. The van der Waals surface area contributed by atoms with Crippen molar-refractivity contribution >= 4 is 29.9 Å². The number of aliphatic hydroxyl groups excluding tert-OH is 1. The van der Waals surface area contributed by atoms with Crippen LogP contribution in [0, 0.1) is 0 Å². The summed E-state index contributed by atoms with van der Waals surface area (Å²) in [6.45, 7) is 2.09. The molecule has 4 rings (SSSR count). The summed E-state index contributed by atoms with van der Waals surface area (Å²) in [4.78, 5) is 36.3. The van der Waals surface area contributed by atoms with Crippen molar-refractivity contribution < 1.29 is 24.0 Å². The second-order valence-electron chi connectivity index (χ2n) is 8.21. The van der Waals surface area contributed by atoms with Crippen LogP contribution in [-0.4, -0.2) is 93.8 Å². The number of benzene rings is 1. The number of fused-ring (bicyclic) bond motifs is 1. The largest absolute Gasteiger partial charge is 0.491 e. The highest BCUT2D eigenvalue weighted by Gasteiger charge is 2.51. The van der Waals surface area contributed by atoms with Crippen LogP contribution in [0.25, 0.3) is 0 Å². The maximum atomic E-state index is 13.0. The van der Waals surface area contributed by atoms with Crippen molar-refractivity contribution in [2.75, 3.05) is 27.2 Å². The SMILES string of the molecule is CCc1cccc(OCC(O)C[N+]2=C(N/N=C/c3cccnc3)N=C3C2C(=O)N(C)C(=O)N3C)c1. The van der Waals surface area contributed by atoms with Crippen LogP contribution in [0.3, 0.4) is 0 Å². The number of hydrogen-bond donors (Lipinski definition) is 2. The number of pyridine rings is 1. The van der Waals surface area contributed by atoms with Crippen molar-refractivity contribution in [1.29, 1.82) is 0 Å². The zero-order chi connectivity index (χ0) is 24.9. The van der Waals surface area contributed by atoms with Crippen molar-refractivity contribution in [3.63, 3.8) is 0 Å². The Morgan fingerprint density at radius 2 is 2.09 bits per heavy atom. The summed E-state index contributed by atoms with van der Waals surface area (Å²) in [7, 11) is 2.97. The van der Waals surface area contributed by atoms with E-state index in [1.807, 2.05) is 30.3 Å². The Morgan fingerprint density at radius 3 is 2.83 bits per heavy atom. The highest BCUT2D eigenvalue weighted by atomic mass is 16.5. The quantitative estimate of drug-likeness (QED) is 0.327. The molecule has 2 unspecified atom stereocenters. The van der Waals surface area contributed by atoms with Crippen molar-refractivity contribution in [1.82, 2.24) is 20.2 Å². The summed E-state index contributed by atoms with van der Waals surface area (Å²) in [5.41, 5.74) is 4.73. The van der Waals surface area contributed by atoms with Crippen LogP contribution in [-0.2, 0) is 11.2 Å². The molecule has 2 aliphatic heterocycles. The van der Waals surface area contributed by atoms with E-state index in [0.717, 1.165) is 22.4 Å². The molecule has 2 atom stereocenters. The summed E-state index contributed by atoms with van der Waals surface area (Å²) >= 11 is 0. The summed E-state index contributed by atoms with van der Waals surface area (Å²) in [5, 5.41) is 15.0. The minimum absolute atomic E-state index is 0.0107. The fourth-order valence-electron chi connectivity index (χ4n) is 3.82. The molecule has 3 amide bonds. The molecular weight excluding hydrogens is 450 g/mol. The van der Waals surface area contributed by atoms with Crippen LogP contribution in [0.4, 0.5) is 4.79 Å². The molecule has 1 aromatic carbocycles. The van der Waals surface area contributed by atoms with Crippen LogP contribution in [0.15, 0.2) is 58.9 Å². The number of guanidine groups is 1. The Hall–Kier alpha value is -4.12. The molecular formula is C24H28N7O4+. The topological polar surface area (TPSA) is 123 Å². The van der Waals surface area contributed by atoms with E-state index in [1.165, 1.54) is 11.9 Å². The van der Waals surface area contributed by atoms with Crippen molar-refractivity contribution in [2.24, 2.45) is 10.1 Å². The van der Waals surface area contributed by atoms with Crippen molar-refractivity contribution in [3.05, 3.63) is 59.9 Å². The molecule has 2 N–H and O–H groups in total. The monoisotopic (exact) mass is 478 g/mol. The third-order valence-corrected chi connectivity index (χ3v) is 5.75. The number of nitrogens with one attached hydrogen (secondary N) is 1. The van der Waals surface area contributed by atoms with Gasteiger partial charge in [-0.2, -0.15) is 5.43 Å². The Morgan fingerprint density at radius 1 is 1.26 bits per heavy atom. The van der Waals surface area contributed by atoms with E-state index in [1.54, 1.807) is 36.3 Å². The number of nitrogens with zero attached hydrogens (tertiary/aromatic N) is 6. The number of hydrogen-bond acceptors (Lipinski definition) is 8. The smallest absolute Gasteiger partial charge is 0.414 e. The first-order valence-corrected chi connectivity index (χ1v) is 11.3. The van der Waals surface area contributed by atoms with Crippen LogP contribution >= 0.6 is 0 Å². The van der Waals surface area contributed by atoms with E-state index in [0.29, 0.717) is 5.75 Å². The predicted molar refractivity (Wildman–Crippen MR) is 130 cm³/mol. The molecule has 1 aromatic heterocycles. The summed E-state index contributed by atoms with van der Waals surface area (Å²) < 4.78 is 7.37. The maximum absolute atomic E-state index is 13.0. The van der Waals surface area contributed by atoms with Gasteiger partial charge in [-0.1, -0.05) is 30.1 Å². The van der Waals surface area contributed by atoms with E-state index in [4.69, 9.17) is 4.74 Å². The Balaban J connectivity index is 1.54. The van der Waals surface area contributed by atoms with Gasteiger partial charge in [-0.3, -0.25) is 19.6 Å². The van der Waals surface area contributed by atoms with Gasteiger partial charge in [0, 0.05) is 32.1 Å². The number of aromatic nitrogens is 1. The Kier molecular flexibility index (Phi) is 7.16. The molecule has 2 aromatic rings. The number of carbonyl (C=O) groups is 2. The van der Waals surface area contributed by atoms with Gasteiger partial charge in [0.2, 0.25) is 11.9 Å². The molecule has 0 saturated carbocycles. The van der Waals surface area contributed by atoms with Gasteiger partial charge in [0.1, 0.15) is 18.5 Å². The van der Waals surface area contributed by atoms with Gasteiger partial charge in [0.15, 0.2) is 0 Å². The maximum Gasteiger partial charge on any atom is 0.414 e. The van der Waals surface area contributed by atoms with Crippen LogP contribution in [0.5, 0.6) is 5.75 Å². The fraction of sp³-hybridized carbons (Fsp3) is 0.333. The Bertz CT molecular complexity index is 1200. The molecule has 3 heterocycles. The lowest BCUT2D eigenvalue weighted by atomic mass is 10.1. The molecule has 1 fully saturated rings. The first kappa shape index (κ1) is 24.0. The third-order valence-electron chi connectivity index (χ3n) is 5.75. The van der Waals surface area contributed by atoms with E-state index in [-0.39, 0.29) is 24.9 Å². The number of hydrazone groups is 1. The highest BCUT2D eigenvalue weighted by Crippen LogP contribution is 2.19. The number of aliphatic imine (C=N–C) groups is 1. The number of urea groups is 1. The number of aliphatic hydroxyl groups is 1. The zero-order valence-corrected chi connectivity index (χ0v) is 19.8. The van der Waals surface area contributed by atoms with Gasteiger partial charge >= 0.3 is 12.0 Å². The number of β-amino-alcohol motifs (C(OH)–C–C–N with tert-alkyl or cyclic N) is 1. The van der Waals surface area contributed by atoms with Gasteiger partial charge < -0.3 is 9.84 Å². The number of amidine groups is 1. The average molecular weight is 479 g/mol. The van der Waals surface area contributed by atoms with Crippen molar-refractivity contribution in [2.45, 2.75) is 25.5 Å². The van der Waals surface area contributed by atoms with Gasteiger partial charge in [0.05, 0.1) is 12.8 Å². The zero-order valence-electron chi connectivity index (χ0n) is 19.8. The number of likely N-dealkylation sites (N-methyl/N-ethyl adjacent to an activating group) is 2. The van der Waals surface area contributed by atoms with E-state index >= 15 is 0 Å². The molecule has 182 valence electrons. The normalized spacial score (nSPS) is 18.7. The lowest BCUT2D eigenvalue weighted by Gasteiger charge is -2.32. The number of rotatable bonds is 8. The average Bonchev–Trinajstić information content (AvgIpc) is 3.23. The number of aryl methyl sites for hydroxylation is 1. The molecule has 2 aliphatic rings. The second-order valence-corrected chi connectivity index (χ2v) is 8.21. The molecule has 11 heteroatoms. The standard InChI is InChI=1S/C24H27N7O4/c1-4-16-7-5-9-19(11-16)35-15-18(32)14-31-20-21(29(2)24(34)30(3)22(20)33)27-23(31)28-26-13-17-8-6-10-25-12-17/h5-13,18,20,32H,4,14-15H2,1-3H3/p+1/b26-13+. The van der Waals surface area contributed by atoms with Gasteiger partial charge in [0.25, 0.3) is 5.91 Å². The van der Waals surface area contributed by atoms with Crippen LogP contribution < -0.4 is 10.2 Å². The molecule has 35 heavy (non-hydrogen) atoms. The lowest BCUT2D eigenvalue weighted by molar-refractivity contribution is -0.545. The number of ether oxygens (including phenoxy) is 1. The van der Waals surface area contributed by atoms with Crippen LogP contribution in [0.2, 0.25) is 0 Å². The summed E-state index contributed by atoms with van der Waals surface area (Å²) in [6.07, 6.45) is 4.79. The number of carbonyl (C=O) groups excluding carboxylic acids is 2. The molecule has 1 saturated heterocycles. The minimum atomic E-state index is -0.949. The van der Waals surface area contributed by atoms with E-state index in [2.05, 4.69) is 27.4 Å². The molecule has 11 nitrogen and oxygen atoms in total. The van der Waals surface area contributed by atoms with E-state index in [9.17, 15) is 14.7 Å². The number of amides is 3. The molecule has 0 radical (unpaired) electrons. The third kappa shape index (κ3) is 5.19. The first-order valence-electron chi connectivity index (χ1n) is 11.3. The molecule has 0 spiro atoms. The second kappa shape index (κ2) is 10.4. The molecule has 0 bridgehead atoms. The lowest BCUT2D eigenvalue weighted by Crippen LogP contribution is -2.62. The Labute approximate surface area is 203 Å². The molecule has 0 aliphatic carbocycles. The number of imide groups is 1.